The number of carbonyl (C=O) groups excluding carboxylic acids is 1. The Kier molecular flexibility index (Phi) is 4.09. The van der Waals surface area contributed by atoms with Crippen LogP contribution in [0, 0.1) is 0 Å². The van der Waals surface area contributed by atoms with Gasteiger partial charge in [-0.15, -0.1) is 0 Å². The van der Waals surface area contributed by atoms with E-state index in [1.165, 1.54) is 0 Å². The Labute approximate surface area is 154 Å². The van der Waals surface area contributed by atoms with E-state index in [0.29, 0.717) is 19.3 Å². The number of carbonyl (C=O) groups is 1. The number of likely N-dealkylation sites (N-methyl/N-ethyl adjacent to an activating group) is 1. The van der Waals surface area contributed by atoms with Gasteiger partial charge in [0.2, 0.25) is 5.91 Å². The van der Waals surface area contributed by atoms with Crippen LogP contribution in [0.5, 0.6) is 0 Å². The van der Waals surface area contributed by atoms with Crippen LogP contribution in [0.1, 0.15) is 36.3 Å². The molecular formula is C19H19F3N4O. The molecule has 2 aromatic rings. The van der Waals surface area contributed by atoms with E-state index in [1.54, 1.807) is 0 Å². The average molecular weight is 376 g/mol. The molecule has 0 radical (unpaired) electrons. The van der Waals surface area contributed by atoms with Crippen LogP contribution in [0.4, 0.5) is 18.9 Å². The number of hydrogen-bond acceptors (Lipinski definition) is 4. The molecular weight excluding hydrogens is 357 g/mol. The first-order valence-corrected chi connectivity index (χ1v) is 8.84. The highest BCUT2D eigenvalue weighted by Gasteiger charge is 2.46. The van der Waals surface area contributed by atoms with Gasteiger partial charge in [0, 0.05) is 25.4 Å². The predicted molar refractivity (Wildman–Crippen MR) is 93.0 cm³/mol. The maximum atomic E-state index is 13.0. The number of aromatic nitrogens is 2. The lowest BCUT2D eigenvalue weighted by Gasteiger charge is -2.42. The lowest BCUT2D eigenvalue weighted by Crippen LogP contribution is -2.56. The summed E-state index contributed by atoms with van der Waals surface area (Å²) in [5.41, 5.74) is 0.167. The number of fused-ring (bicyclic) bond motifs is 1. The van der Waals surface area contributed by atoms with Crippen molar-refractivity contribution in [3.05, 3.63) is 53.6 Å². The lowest BCUT2D eigenvalue weighted by molar-refractivity contribution is -0.141. The first-order valence-electron chi connectivity index (χ1n) is 8.84. The number of hydrogen-bond donors (Lipinski definition) is 1. The zero-order valence-electron chi connectivity index (χ0n) is 14.8. The second-order valence-corrected chi connectivity index (χ2v) is 7.15. The molecule has 1 atom stereocenters. The molecule has 1 aromatic carbocycles. The standard InChI is InChI=1S/C19H19F3N4O/c1-26-13-6-3-2-5-12(13)11-14(26)16(27)25-18(8-4-9-18)17-23-10-7-15(24-17)19(20,21)22/h2-3,5-7,10,14H,4,8-9,11H2,1H3,(H,25,27). The largest absolute Gasteiger partial charge is 0.433 e. The van der Waals surface area contributed by atoms with E-state index < -0.39 is 23.5 Å². The van der Waals surface area contributed by atoms with Gasteiger partial charge < -0.3 is 10.2 Å². The van der Waals surface area contributed by atoms with E-state index in [4.69, 9.17) is 0 Å². The summed E-state index contributed by atoms with van der Waals surface area (Å²) < 4.78 is 39.0. The van der Waals surface area contributed by atoms with Crippen LogP contribution < -0.4 is 10.2 Å². The molecule has 1 aliphatic carbocycles. The number of anilines is 1. The average Bonchev–Trinajstić information content (AvgIpc) is 2.95. The van der Waals surface area contributed by atoms with Crippen LogP contribution in [-0.4, -0.2) is 29.0 Å². The highest BCUT2D eigenvalue weighted by atomic mass is 19.4. The second-order valence-electron chi connectivity index (χ2n) is 7.15. The SMILES string of the molecule is CN1c2ccccc2CC1C(=O)NC1(c2nccc(C(F)(F)F)n2)CCC1. The molecule has 1 amide bonds. The second kappa shape index (κ2) is 6.21. The summed E-state index contributed by atoms with van der Waals surface area (Å²) in [7, 11) is 1.85. The molecule has 1 N–H and O–H groups in total. The van der Waals surface area contributed by atoms with Crippen LogP contribution in [0.15, 0.2) is 36.5 Å². The number of halogens is 3. The number of rotatable bonds is 3. The van der Waals surface area contributed by atoms with Gasteiger partial charge in [0.15, 0.2) is 5.82 Å². The van der Waals surface area contributed by atoms with Crippen LogP contribution in [-0.2, 0) is 22.9 Å². The molecule has 142 valence electrons. The van der Waals surface area contributed by atoms with Gasteiger partial charge in [-0.1, -0.05) is 18.2 Å². The highest BCUT2D eigenvalue weighted by molar-refractivity contribution is 5.88. The summed E-state index contributed by atoms with van der Waals surface area (Å²) in [5, 5.41) is 2.96. The van der Waals surface area contributed by atoms with Crippen LogP contribution in [0.3, 0.4) is 0 Å². The van der Waals surface area contributed by atoms with E-state index in [2.05, 4.69) is 15.3 Å². The highest BCUT2D eigenvalue weighted by Crippen LogP contribution is 2.41. The van der Waals surface area contributed by atoms with Crippen molar-refractivity contribution >= 4 is 11.6 Å². The maximum Gasteiger partial charge on any atom is 0.433 e. The fraction of sp³-hybridized carbons (Fsp3) is 0.421. The maximum absolute atomic E-state index is 13.0. The van der Waals surface area contributed by atoms with Crippen molar-refractivity contribution in [3.63, 3.8) is 0 Å². The molecule has 0 saturated heterocycles. The molecule has 2 heterocycles. The Morgan fingerprint density at radius 2 is 2.00 bits per heavy atom. The zero-order valence-corrected chi connectivity index (χ0v) is 14.8. The molecule has 1 fully saturated rings. The minimum atomic E-state index is -4.54. The van der Waals surface area contributed by atoms with E-state index in [9.17, 15) is 18.0 Å². The molecule has 4 rings (SSSR count). The summed E-state index contributed by atoms with van der Waals surface area (Å²) in [6, 6.07) is 8.23. The molecule has 5 nitrogen and oxygen atoms in total. The minimum absolute atomic E-state index is 0.0371. The fourth-order valence-electron chi connectivity index (χ4n) is 3.81. The molecule has 1 aliphatic heterocycles. The Bertz CT molecular complexity index is 879. The Balaban J connectivity index is 1.57. The van der Waals surface area contributed by atoms with Gasteiger partial charge >= 0.3 is 6.18 Å². The van der Waals surface area contributed by atoms with Gasteiger partial charge in [-0.3, -0.25) is 4.79 Å². The van der Waals surface area contributed by atoms with Crippen molar-refractivity contribution in [2.24, 2.45) is 0 Å². The van der Waals surface area contributed by atoms with E-state index in [0.717, 1.165) is 29.9 Å². The molecule has 0 bridgehead atoms. The summed E-state index contributed by atoms with van der Waals surface area (Å²) in [6.07, 6.45) is -1.000. The number of para-hydroxylation sites is 1. The van der Waals surface area contributed by atoms with E-state index in [1.807, 2.05) is 36.2 Å². The van der Waals surface area contributed by atoms with Crippen molar-refractivity contribution < 1.29 is 18.0 Å². The molecule has 1 unspecified atom stereocenters. The third-order valence-corrected chi connectivity index (χ3v) is 5.50. The third kappa shape index (κ3) is 3.02. The fourth-order valence-corrected chi connectivity index (χ4v) is 3.81. The number of alkyl halides is 3. The Hall–Kier alpha value is -2.64. The van der Waals surface area contributed by atoms with Crippen molar-refractivity contribution in [1.29, 1.82) is 0 Å². The molecule has 0 spiro atoms. The summed E-state index contributed by atoms with van der Waals surface area (Å²) in [6.45, 7) is 0. The number of nitrogens with one attached hydrogen (secondary N) is 1. The van der Waals surface area contributed by atoms with Crippen LogP contribution in [0.25, 0.3) is 0 Å². The number of amides is 1. The topological polar surface area (TPSA) is 58.1 Å². The number of benzene rings is 1. The lowest BCUT2D eigenvalue weighted by atomic mass is 9.75. The molecule has 1 saturated carbocycles. The minimum Gasteiger partial charge on any atom is -0.362 e. The van der Waals surface area contributed by atoms with E-state index >= 15 is 0 Å². The predicted octanol–water partition coefficient (Wildman–Crippen LogP) is 3.05. The molecule has 27 heavy (non-hydrogen) atoms. The van der Waals surface area contributed by atoms with Gasteiger partial charge in [0.05, 0.1) is 5.54 Å². The third-order valence-electron chi connectivity index (χ3n) is 5.50. The molecule has 1 aromatic heterocycles. The van der Waals surface area contributed by atoms with Crippen LogP contribution >= 0.6 is 0 Å². The summed E-state index contributed by atoms with van der Waals surface area (Å²) >= 11 is 0. The quantitative estimate of drug-likeness (QED) is 0.895. The van der Waals surface area contributed by atoms with Gasteiger partial charge in [-0.25, -0.2) is 9.97 Å². The Morgan fingerprint density at radius 1 is 1.26 bits per heavy atom. The van der Waals surface area contributed by atoms with Gasteiger partial charge in [-0.05, 0) is 37.0 Å². The van der Waals surface area contributed by atoms with Crippen molar-refractivity contribution in [2.45, 2.75) is 43.4 Å². The van der Waals surface area contributed by atoms with Crippen molar-refractivity contribution in [1.82, 2.24) is 15.3 Å². The first kappa shape index (κ1) is 17.8. The molecule has 2 aliphatic rings. The van der Waals surface area contributed by atoms with Gasteiger partial charge in [-0.2, -0.15) is 13.2 Å². The smallest absolute Gasteiger partial charge is 0.362 e. The summed E-state index contributed by atoms with van der Waals surface area (Å²) in [4.78, 5) is 22.6. The first-order chi connectivity index (χ1) is 12.8. The monoisotopic (exact) mass is 376 g/mol. The van der Waals surface area contributed by atoms with Gasteiger partial charge in [0.25, 0.3) is 0 Å². The number of nitrogens with zero attached hydrogens (tertiary/aromatic N) is 3. The van der Waals surface area contributed by atoms with E-state index in [-0.39, 0.29) is 11.7 Å². The summed E-state index contributed by atoms with van der Waals surface area (Å²) in [5.74, 6) is -0.176. The Morgan fingerprint density at radius 3 is 2.63 bits per heavy atom. The molecule has 8 heteroatoms. The van der Waals surface area contributed by atoms with Crippen molar-refractivity contribution in [2.75, 3.05) is 11.9 Å². The van der Waals surface area contributed by atoms with Crippen molar-refractivity contribution in [3.8, 4) is 0 Å². The van der Waals surface area contributed by atoms with Gasteiger partial charge in [0.1, 0.15) is 11.7 Å². The van der Waals surface area contributed by atoms with Crippen LogP contribution in [0.2, 0.25) is 0 Å². The normalized spacial score (nSPS) is 20.7. The zero-order chi connectivity index (χ0) is 19.2.